The van der Waals surface area contributed by atoms with Crippen molar-refractivity contribution >= 4 is 43.3 Å². The van der Waals surface area contributed by atoms with E-state index in [0.29, 0.717) is 8.95 Å². The lowest BCUT2D eigenvalue weighted by atomic mass is 10.3. The smallest absolute Gasteiger partial charge is 0.237 e. The Morgan fingerprint density at radius 3 is 2.38 bits per heavy atom. The minimum atomic E-state index is -0.547. The molecule has 1 aromatic rings. The van der Waals surface area contributed by atoms with Crippen LogP contribution in [0.4, 0.5) is 10.1 Å². The van der Waals surface area contributed by atoms with Gasteiger partial charge in [-0.05, 0) is 44.0 Å². The van der Waals surface area contributed by atoms with Crippen molar-refractivity contribution in [2.75, 3.05) is 5.43 Å². The lowest BCUT2D eigenvalue weighted by Crippen LogP contribution is -1.98. The Morgan fingerprint density at radius 2 is 1.81 bits per heavy atom. The van der Waals surface area contributed by atoms with Gasteiger partial charge in [-0.1, -0.05) is 0 Å². The summed E-state index contributed by atoms with van der Waals surface area (Å²) in [7, 11) is 0. The van der Waals surface area contributed by atoms with Crippen molar-refractivity contribution in [3.05, 3.63) is 26.9 Å². The first kappa shape index (κ1) is 12.6. The van der Waals surface area contributed by atoms with Crippen LogP contribution >= 0.6 is 31.9 Å². The minimum absolute atomic E-state index is 0.0677. The van der Waals surface area contributed by atoms with Crippen LogP contribution in [0.5, 0.6) is 0 Å². The fourth-order valence-electron chi connectivity index (χ4n) is 0.799. The highest BCUT2D eigenvalue weighted by Crippen LogP contribution is 2.28. The van der Waals surface area contributed by atoms with E-state index < -0.39 is 5.82 Å². The standard InChI is InChI=1S/C9H3Br2FN4/c10-6-1-8(12)9(2-7(6)11)16-15-5(3-13)4-14/h1-2,16H. The quantitative estimate of drug-likeness (QED) is 0.508. The van der Waals surface area contributed by atoms with Gasteiger partial charge in [-0.3, -0.25) is 5.43 Å². The van der Waals surface area contributed by atoms with Crippen LogP contribution in [-0.4, -0.2) is 5.71 Å². The number of nitrogens with zero attached hydrogens (tertiary/aromatic N) is 3. The van der Waals surface area contributed by atoms with Crippen LogP contribution in [0.1, 0.15) is 0 Å². The fourth-order valence-corrected chi connectivity index (χ4v) is 1.46. The average molecular weight is 346 g/mol. The van der Waals surface area contributed by atoms with Gasteiger partial charge in [0.25, 0.3) is 0 Å². The van der Waals surface area contributed by atoms with E-state index in [-0.39, 0.29) is 11.4 Å². The summed E-state index contributed by atoms with van der Waals surface area (Å²) in [6.07, 6.45) is 0. The van der Waals surface area contributed by atoms with Crippen LogP contribution in [0.2, 0.25) is 0 Å². The largest absolute Gasteiger partial charge is 0.273 e. The van der Waals surface area contributed by atoms with Crippen molar-refractivity contribution in [2.24, 2.45) is 5.10 Å². The fraction of sp³-hybridized carbons (Fsp3) is 0. The average Bonchev–Trinajstić information content (AvgIpc) is 2.26. The number of benzene rings is 1. The molecule has 0 aliphatic carbocycles. The molecule has 1 N–H and O–H groups in total. The van der Waals surface area contributed by atoms with Gasteiger partial charge in [0, 0.05) is 8.95 Å². The number of hydrogen-bond acceptors (Lipinski definition) is 4. The van der Waals surface area contributed by atoms with Gasteiger partial charge in [0.15, 0.2) is 0 Å². The van der Waals surface area contributed by atoms with Crippen LogP contribution in [0, 0.1) is 28.5 Å². The maximum atomic E-state index is 13.3. The van der Waals surface area contributed by atoms with Gasteiger partial charge in [-0.2, -0.15) is 15.6 Å². The lowest BCUT2D eigenvalue weighted by Gasteiger charge is -2.04. The lowest BCUT2D eigenvalue weighted by molar-refractivity contribution is 0.629. The molecule has 0 heterocycles. The predicted molar refractivity (Wildman–Crippen MR) is 64.1 cm³/mol. The second-order valence-corrected chi connectivity index (χ2v) is 4.25. The molecular formula is C9H3Br2FN4. The van der Waals surface area contributed by atoms with Gasteiger partial charge >= 0.3 is 0 Å². The molecule has 1 rings (SSSR count). The number of hydrogen-bond donors (Lipinski definition) is 1. The summed E-state index contributed by atoms with van der Waals surface area (Å²) in [5, 5.41) is 20.3. The molecule has 0 saturated carbocycles. The number of hydrazone groups is 1. The van der Waals surface area contributed by atoms with Crippen LogP contribution in [-0.2, 0) is 0 Å². The van der Waals surface area contributed by atoms with Crippen LogP contribution < -0.4 is 5.43 Å². The van der Waals surface area contributed by atoms with Crippen molar-refractivity contribution < 1.29 is 4.39 Å². The summed E-state index contributed by atoms with van der Waals surface area (Å²) >= 11 is 6.32. The van der Waals surface area contributed by atoms with Crippen LogP contribution in [0.3, 0.4) is 0 Å². The summed E-state index contributed by atoms with van der Waals surface area (Å²) in [5.74, 6) is -0.547. The highest BCUT2D eigenvalue weighted by atomic mass is 79.9. The third-order valence-electron chi connectivity index (χ3n) is 1.51. The SMILES string of the molecule is N#CC(C#N)=NNc1cc(Br)c(Br)cc1F. The number of nitrogens with one attached hydrogen (secondary N) is 1. The van der Waals surface area contributed by atoms with Gasteiger partial charge < -0.3 is 0 Å². The molecule has 0 amide bonds. The Bertz CT molecular complexity index is 512. The van der Waals surface area contributed by atoms with E-state index in [4.69, 9.17) is 10.5 Å². The molecule has 16 heavy (non-hydrogen) atoms. The monoisotopic (exact) mass is 344 g/mol. The first-order valence-corrected chi connectivity index (χ1v) is 5.45. The maximum absolute atomic E-state index is 13.3. The van der Waals surface area contributed by atoms with Crippen LogP contribution in [0.25, 0.3) is 0 Å². The minimum Gasteiger partial charge on any atom is -0.273 e. The van der Waals surface area contributed by atoms with Gasteiger partial charge in [-0.15, -0.1) is 0 Å². The third-order valence-corrected chi connectivity index (χ3v) is 3.35. The molecule has 7 heteroatoms. The molecule has 0 bridgehead atoms. The third kappa shape index (κ3) is 3.02. The molecule has 1 aromatic carbocycles. The van der Waals surface area contributed by atoms with E-state index in [1.54, 1.807) is 12.1 Å². The van der Waals surface area contributed by atoms with Gasteiger partial charge in [0.1, 0.15) is 18.0 Å². The van der Waals surface area contributed by atoms with E-state index in [2.05, 4.69) is 42.4 Å². The molecule has 4 nitrogen and oxygen atoms in total. The normalized spacial score (nSPS) is 8.81. The highest BCUT2D eigenvalue weighted by molar-refractivity contribution is 9.13. The number of rotatable bonds is 2. The van der Waals surface area contributed by atoms with Crippen molar-refractivity contribution in [3.63, 3.8) is 0 Å². The molecule has 0 saturated heterocycles. The Balaban J connectivity index is 3.01. The molecule has 0 aromatic heterocycles. The molecule has 0 unspecified atom stereocenters. The zero-order valence-electron chi connectivity index (χ0n) is 7.63. The highest BCUT2D eigenvalue weighted by Gasteiger charge is 2.06. The summed E-state index contributed by atoms with van der Waals surface area (Å²) in [4.78, 5) is 0. The molecule has 80 valence electrons. The first-order chi connectivity index (χ1) is 7.58. The molecule has 0 fully saturated rings. The molecule has 0 aliphatic heterocycles. The number of nitriles is 2. The first-order valence-electron chi connectivity index (χ1n) is 3.87. The van der Waals surface area contributed by atoms with Gasteiger partial charge in [0.05, 0.1) is 5.69 Å². The van der Waals surface area contributed by atoms with E-state index in [9.17, 15) is 4.39 Å². The topological polar surface area (TPSA) is 72.0 Å². The molecular weight excluding hydrogens is 343 g/mol. The Morgan fingerprint density at radius 1 is 1.25 bits per heavy atom. The second-order valence-electron chi connectivity index (χ2n) is 2.54. The molecule has 0 radical (unpaired) electrons. The Labute approximate surface area is 108 Å². The summed E-state index contributed by atoms with van der Waals surface area (Å²) in [6, 6.07) is 5.78. The molecule has 0 aliphatic rings. The van der Waals surface area contributed by atoms with Gasteiger partial charge in [-0.25, -0.2) is 4.39 Å². The maximum Gasteiger partial charge on any atom is 0.237 e. The van der Waals surface area contributed by atoms with Crippen LogP contribution in [0.15, 0.2) is 26.2 Å². The number of halogens is 3. The van der Waals surface area contributed by atoms with Crippen molar-refractivity contribution in [1.29, 1.82) is 10.5 Å². The van der Waals surface area contributed by atoms with E-state index in [1.165, 1.54) is 12.1 Å². The Hall–Kier alpha value is -1.44. The van der Waals surface area contributed by atoms with Gasteiger partial charge in [0.2, 0.25) is 5.71 Å². The summed E-state index contributed by atoms with van der Waals surface area (Å²) in [5.41, 5.74) is 1.99. The van der Waals surface area contributed by atoms with E-state index in [0.717, 1.165) is 0 Å². The molecule has 0 atom stereocenters. The number of anilines is 1. The van der Waals surface area contributed by atoms with E-state index >= 15 is 0 Å². The zero-order chi connectivity index (χ0) is 12.1. The van der Waals surface area contributed by atoms with Crippen molar-refractivity contribution in [1.82, 2.24) is 0 Å². The van der Waals surface area contributed by atoms with E-state index in [1.807, 2.05) is 0 Å². The van der Waals surface area contributed by atoms with Crippen molar-refractivity contribution in [3.8, 4) is 12.1 Å². The Kier molecular flexibility index (Phi) is 4.41. The summed E-state index contributed by atoms with van der Waals surface area (Å²) < 4.78 is 14.5. The molecule has 0 spiro atoms. The predicted octanol–water partition coefficient (Wildman–Crippen LogP) is 3.17. The zero-order valence-corrected chi connectivity index (χ0v) is 10.8. The van der Waals surface area contributed by atoms with Crippen molar-refractivity contribution in [2.45, 2.75) is 0 Å². The second kappa shape index (κ2) is 5.59. The summed E-state index contributed by atoms with van der Waals surface area (Å²) in [6.45, 7) is 0.